The van der Waals surface area contributed by atoms with Crippen LogP contribution in [0.1, 0.15) is 5.56 Å². The van der Waals surface area contributed by atoms with Gasteiger partial charge < -0.3 is 19.7 Å². The highest BCUT2D eigenvalue weighted by Crippen LogP contribution is 2.37. The van der Waals surface area contributed by atoms with Gasteiger partial charge in [0.15, 0.2) is 0 Å². The Morgan fingerprint density at radius 1 is 1.09 bits per heavy atom. The lowest BCUT2D eigenvalue weighted by atomic mass is 9.82. The number of nitrogens with one attached hydrogen (secondary N) is 1. The number of urea groups is 1. The number of nitrogens with zero attached hydrogens (tertiary/aromatic N) is 3. The molecule has 2 amide bonds. The molecule has 1 N–H and O–H groups in total. The van der Waals surface area contributed by atoms with Crippen molar-refractivity contribution in [3.8, 4) is 5.75 Å². The largest absolute Gasteiger partial charge is 0.573 e. The lowest BCUT2D eigenvalue weighted by Gasteiger charge is -2.63. The quantitative estimate of drug-likeness (QED) is 0.733. The summed E-state index contributed by atoms with van der Waals surface area (Å²) in [5, 5.41) is 2.99. The number of hydrogen-bond acceptors (Lipinski definition) is 5. The molecule has 10 heteroatoms. The van der Waals surface area contributed by atoms with Crippen molar-refractivity contribution >= 4 is 11.7 Å². The number of hydrogen-bond donors (Lipinski definition) is 1. The van der Waals surface area contributed by atoms with Gasteiger partial charge in [0.2, 0.25) is 0 Å². The molecule has 3 fully saturated rings. The first-order chi connectivity index (χ1) is 16.3. The number of carbonyl (C=O) groups excluding carboxylic acids is 1. The van der Waals surface area contributed by atoms with E-state index >= 15 is 0 Å². The number of para-hydroxylation sites is 1. The molecular formula is C24H27F3N4O3. The zero-order valence-electron chi connectivity index (χ0n) is 18.6. The van der Waals surface area contributed by atoms with Gasteiger partial charge >= 0.3 is 12.4 Å². The molecular weight excluding hydrogens is 449 g/mol. The Balaban J connectivity index is 1.23. The number of benzene rings is 2. The lowest BCUT2D eigenvalue weighted by molar-refractivity contribution is -0.274. The number of rotatable bonds is 4. The van der Waals surface area contributed by atoms with Crippen LogP contribution >= 0.6 is 0 Å². The van der Waals surface area contributed by atoms with E-state index in [9.17, 15) is 18.0 Å². The van der Waals surface area contributed by atoms with E-state index in [0.717, 1.165) is 30.9 Å². The summed E-state index contributed by atoms with van der Waals surface area (Å²) in [4.78, 5) is 19.6. The SMILES string of the molecule is O=C(Nc1ccccc1)N1C[C@@H]2COCCN2C2(CN(Cc3ccc(OC(F)(F)F)cc3)C2)C1. The molecule has 0 bridgehead atoms. The predicted octanol–water partition coefficient (Wildman–Crippen LogP) is 3.39. The standard InChI is InChI=1S/C24H27F3N4O3/c25-24(26,27)34-21-8-6-18(7-9-21)12-29-15-23(16-29)17-30(13-20-14-33-11-10-31(20)23)22(32)28-19-4-2-1-3-5-19/h1-9,20H,10-17H2,(H,28,32)/t20-/m1/s1. The molecule has 2 aromatic carbocycles. The number of ether oxygens (including phenoxy) is 2. The summed E-state index contributed by atoms with van der Waals surface area (Å²) in [5.41, 5.74) is 1.52. The Kier molecular flexibility index (Phi) is 6.13. The highest BCUT2D eigenvalue weighted by molar-refractivity contribution is 5.89. The smallest absolute Gasteiger partial charge is 0.406 e. The molecule has 3 aliphatic heterocycles. The van der Waals surface area contributed by atoms with E-state index in [-0.39, 0.29) is 23.4 Å². The highest BCUT2D eigenvalue weighted by atomic mass is 19.4. The molecule has 34 heavy (non-hydrogen) atoms. The third kappa shape index (κ3) is 4.98. The fraction of sp³-hybridized carbons (Fsp3) is 0.458. The zero-order chi connectivity index (χ0) is 23.8. The number of piperazine rings is 1. The van der Waals surface area contributed by atoms with Gasteiger partial charge in [-0.2, -0.15) is 0 Å². The summed E-state index contributed by atoms with van der Waals surface area (Å²) < 4.78 is 46.8. The van der Waals surface area contributed by atoms with E-state index in [1.807, 2.05) is 35.2 Å². The van der Waals surface area contributed by atoms with Gasteiger partial charge in [-0.15, -0.1) is 13.2 Å². The van der Waals surface area contributed by atoms with Gasteiger partial charge in [-0.1, -0.05) is 30.3 Å². The summed E-state index contributed by atoms with van der Waals surface area (Å²) in [6.45, 7) is 5.51. The maximum Gasteiger partial charge on any atom is 0.573 e. The van der Waals surface area contributed by atoms with Crippen LogP contribution < -0.4 is 10.1 Å². The van der Waals surface area contributed by atoms with Crippen LogP contribution in [0.3, 0.4) is 0 Å². The molecule has 5 rings (SSSR count). The molecule has 3 saturated heterocycles. The van der Waals surface area contributed by atoms with Crippen LogP contribution in [0.5, 0.6) is 5.75 Å². The summed E-state index contributed by atoms with van der Waals surface area (Å²) in [7, 11) is 0. The van der Waals surface area contributed by atoms with Crippen LogP contribution in [0.25, 0.3) is 0 Å². The Hall–Kier alpha value is -2.82. The Morgan fingerprint density at radius 2 is 1.82 bits per heavy atom. The Morgan fingerprint density at radius 3 is 2.53 bits per heavy atom. The topological polar surface area (TPSA) is 57.3 Å². The van der Waals surface area contributed by atoms with Crippen molar-refractivity contribution in [1.29, 1.82) is 0 Å². The molecule has 3 heterocycles. The fourth-order valence-electron chi connectivity index (χ4n) is 5.31. The van der Waals surface area contributed by atoms with Crippen molar-refractivity contribution in [2.24, 2.45) is 0 Å². The molecule has 2 aromatic rings. The van der Waals surface area contributed by atoms with E-state index in [4.69, 9.17) is 4.74 Å². The number of alkyl halides is 3. The van der Waals surface area contributed by atoms with Crippen LogP contribution in [0.4, 0.5) is 23.7 Å². The average molecular weight is 476 g/mol. The van der Waals surface area contributed by atoms with E-state index in [1.54, 1.807) is 12.1 Å². The second kappa shape index (κ2) is 9.09. The summed E-state index contributed by atoms with van der Waals surface area (Å²) in [5.74, 6) is -0.222. The Labute approximate surface area is 196 Å². The van der Waals surface area contributed by atoms with E-state index < -0.39 is 6.36 Å². The molecule has 0 aliphatic carbocycles. The molecule has 0 unspecified atom stereocenters. The summed E-state index contributed by atoms with van der Waals surface area (Å²) >= 11 is 0. The first-order valence-electron chi connectivity index (χ1n) is 11.3. The third-order valence-electron chi connectivity index (χ3n) is 6.66. The van der Waals surface area contributed by atoms with Gasteiger partial charge in [-0.3, -0.25) is 9.80 Å². The maximum absolute atomic E-state index is 13.0. The van der Waals surface area contributed by atoms with Crippen molar-refractivity contribution < 1.29 is 27.4 Å². The average Bonchev–Trinajstić information content (AvgIpc) is 2.79. The first kappa shape index (κ1) is 22.9. The molecule has 182 valence electrons. The number of halogens is 3. The number of fused-ring (bicyclic) bond motifs is 2. The molecule has 1 atom stereocenters. The van der Waals surface area contributed by atoms with Crippen LogP contribution in [0, 0.1) is 0 Å². The van der Waals surface area contributed by atoms with Gasteiger partial charge in [0.05, 0.1) is 24.8 Å². The van der Waals surface area contributed by atoms with Crippen LogP contribution in [-0.4, -0.2) is 84.6 Å². The maximum atomic E-state index is 13.0. The van der Waals surface area contributed by atoms with Crippen LogP contribution in [0.2, 0.25) is 0 Å². The van der Waals surface area contributed by atoms with Crippen LogP contribution in [-0.2, 0) is 11.3 Å². The van der Waals surface area contributed by atoms with Crippen molar-refractivity contribution in [3.05, 3.63) is 60.2 Å². The second-order valence-corrected chi connectivity index (χ2v) is 9.16. The number of morpholine rings is 1. The van der Waals surface area contributed by atoms with E-state index in [1.165, 1.54) is 12.1 Å². The van der Waals surface area contributed by atoms with Gasteiger partial charge in [-0.25, -0.2) is 4.79 Å². The number of amides is 2. The molecule has 0 aromatic heterocycles. The van der Waals surface area contributed by atoms with Gasteiger partial charge in [0.1, 0.15) is 5.75 Å². The minimum Gasteiger partial charge on any atom is -0.406 e. The first-order valence-corrected chi connectivity index (χ1v) is 11.3. The normalized spacial score (nSPS) is 22.7. The lowest BCUT2D eigenvalue weighted by Crippen LogP contribution is -2.80. The van der Waals surface area contributed by atoms with E-state index in [2.05, 4.69) is 19.9 Å². The summed E-state index contributed by atoms with van der Waals surface area (Å²) in [6.07, 6.45) is -4.69. The van der Waals surface area contributed by atoms with Crippen molar-refractivity contribution in [3.63, 3.8) is 0 Å². The molecule has 3 aliphatic rings. The van der Waals surface area contributed by atoms with Gasteiger partial charge in [0, 0.05) is 45.0 Å². The highest BCUT2D eigenvalue weighted by Gasteiger charge is 2.54. The van der Waals surface area contributed by atoms with E-state index in [0.29, 0.717) is 32.8 Å². The van der Waals surface area contributed by atoms with Crippen molar-refractivity contribution in [2.75, 3.05) is 51.3 Å². The van der Waals surface area contributed by atoms with Crippen LogP contribution in [0.15, 0.2) is 54.6 Å². The van der Waals surface area contributed by atoms with Crippen molar-refractivity contribution in [2.45, 2.75) is 24.5 Å². The van der Waals surface area contributed by atoms with Crippen molar-refractivity contribution in [1.82, 2.24) is 14.7 Å². The molecule has 1 spiro atoms. The zero-order valence-corrected chi connectivity index (χ0v) is 18.6. The Bertz CT molecular complexity index is 997. The molecule has 0 radical (unpaired) electrons. The number of anilines is 1. The molecule has 7 nitrogen and oxygen atoms in total. The summed E-state index contributed by atoms with van der Waals surface area (Å²) in [6, 6.07) is 15.4. The minimum absolute atomic E-state index is 0.116. The number of carbonyl (C=O) groups is 1. The molecule has 0 saturated carbocycles. The minimum atomic E-state index is -4.69. The predicted molar refractivity (Wildman–Crippen MR) is 119 cm³/mol. The van der Waals surface area contributed by atoms with Gasteiger partial charge in [-0.05, 0) is 29.8 Å². The third-order valence-corrected chi connectivity index (χ3v) is 6.66. The number of likely N-dealkylation sites (tertiary alicyclic amines) is 1. The van der Waals surface area contributed by atoms with Gasteiger partial charge in [0.25, 0.3) is 0 Å². The monoisotopic (exact) mass is 476 g/mol. The second-order valence-electron chi connectivity index (χ2n) is 9.16. The fourth-order valence-corrected chi connectivity index (χ4v) is 5.31.